The Morgan fingerprint density at radius 2 is 2.00 bits per heavy atom. The molecular weight excluding hydrogens is 427 g/mol. The zero-order chi connectivity index (χ0) is 22.7. The molecule has 0 unspecified atom stereocenters. The van der Waals surface area contributed by atoms with Crippen LogP contribution in [0, 0.1) is 19.7 Å². The minimum absolute atomic E-state index is 0.143. The number of hydrogen-bond acceptors (Lipinski definition) is 5. The normalized spacial score (nSPS) is 10.9. The molecule has 0 bridgehead atoms. The number of ether oxygens (including phenoxy) is 1. The number of para-hydroxylation sites is 2. The van der Waals surface area contributed by atoms with E-state index >= 15 is 0 Å². The van der Waals surface area contributed by atoms with Gasteiger partial charge in [0, 0.05) is 23.1 Å². The first-order valence-electron chi connectivity index (χ1n) is 10.1. The van der Waals surface area contributed by atoms with Crippen molar-refractivity contribution in [2.75, 3.05) is 12.4 Å². The number of aromatic nitrogens is 3. The fraction of sp³-hybridized carbons (Fsp3) is 0.208. The number of hydrogen-bond donors (Lipinski definition) is 1. The number of methoxy groups -OCH3 is 1. The van der Waals surface area contributed by atoms with Crippen LogP contribution in [-0.2, 0) is 17.6 Å². The lowest BCUT2D eigenvalue weighted by atomic mass is 10.0. The number of aryl methyl sites for hydroxylation is 1. The van der Waals surface area contributed by atoms with E-state index in [4.69, 9.17) is 4.74 Å². The minimum Gasteiger partial charge on any atom is -0.495 e. The molecule has 4 aromatic rings. The maximum Gasteiger partial charge on any atom is 0.230 e. The Morgan fingerprint density at radius 3 is 2.78 bits per heavy atom. The third-order valence-electron chi connectivity index (χ3n) is 5.15. The topological polar surface area (TPSA) is 69.0 Å². The molecule has 0 aliphatic rings. The van der Waals surface area contributed by atoms with Gasteiger partial charge >= 0.3 is 0 Å². The van der Waals surface area contributed by atoms with Crippen LogP contribution in [-0.4, -0.2) is 27.8 Å². The first-order valence-corrected chi connectivity index (χ1v) is 11.0. The number of halogens is 1. The number of benzene rings is 2. The van der Waals surface area contributed by atoms with Gasteiger partial charge in [-0.1, -0.05) is 24.3 Å². The van der Waals surface area contributed by atoms with E-state index in [0.717, 1.165) is 22.5 Å². The summed E-state index contributed by atoms with van der Waals surface area (Å²) in [6, 6.07) is 13.9. The van der Waals surface area contributed by atoms with Crippen molar-refractivity contribution in [3.8, 4) is 10.9 Å². The van der Waals surface area contributed by atoms with E-state index in [0.29, 0.717) is 28.7 Å². The van der Waals surface area contributed by atoms with E-state index in [1.54, 1.807) is 30.0 Å². The van der Waals surface area contributed by atoms with Gasteiger partial charge in [0.1, 0.15) is 11.6 Å². The monoisotopic (exact) mass is 450 g/mol. The van der Waals surface area contributed by atoms with E-state index in [1.807, 2.05) is 37.4 Å². The van der Waals surface area contributed by atoms with Gasteiger partial charge in [-0.3, -0.25) is 4.79 Å². The summed E-state index contributed by atoms with van der Waals surface area (Å²) in [5.41, 5.74) is 5.04. The minimum atomic E-state index is -0.249. The van der Waals surface area contributed by atoms with Gasteiger partial charge in [0.2, 0.25) is 11.0 Å². The molecule has 2 aromatic carbocycles. The maximum absolute atomic E-state index is 13.6. The molecule has 0 aliphatic heterocycles. The summed E-state index contributed by atoms with van der Waals surface area (Å²) < 4.78 is 20.6. The van der Waals surface area contributed by atoms with E-state index in [1.165, 1.54) is 23.5 Å². The van der Waals surface area contributed by atoms with E-state index in [-0.39, 0.29) is 18.1 Å². The summed E-state index contributed by atoms with van der Waals surface area (Å²) in [7, 11) is 1.56. The molecule has 2 aromatic heterocycles. The van der Waals surface area contributed by atoms with E-state index in [2.05, 4.69) is 15.4 Å². The third kappa shape index (κ3) is 4.70. The van der Waals surface area contributed by atoms with Gasteiger partial charge in [-0.15, -0.1) is 11.3 Å². The lowest BCUT2D eigenvalue weighted by molar-refractivity contribution is -0.115. The summed E-state index contributed by atoms with van der Waals surface area (Å²) in [4.78, 5) is 17.1. The standard InChI is InChI=1S/C24H23FN4O2S/c1-15-20(12-17-7-6-8-18(25)11-17)16(2)29(28-15)24-26-19(14-32-24)13-23(30)27-21-9-4-5-10-22(21)31-3/h4-11,14H,12-13H2,1-3H3,(H,27,30). The summed E-state index contributed by atoms with van der Waals surface area (Å²) in [5, 5.41) is 10.1. The van der Waals surface area contributed by atoms with Crippen molar-refractivity contribution < 1.29 is 13.9 Å². The van der Waals surface area contributed by atoms with Crippen LogP contribution >= 0.6 is 11.3 Å². The van der Waals surface area contributed by atoms with Crippen molar-refractivity contribution in [3.63, 3.8) is 0 Å². The average molecular weight is 451 g/mol. The van der Waals surface area contributed by atoms with Crippen molar-refractivity contribution in [2.24, 2.45) is 0 Å². The van der Waals surface area contributed by atoms with Gasteiger partial charge in [-0.25, -0.2) is 14.1 Å². The second-order valence-electron chi connectivity index (χ2n) is 7.41. The Bertz CT molecular complexity index is 1260. The van der Waals surface area contributed by atoms with Crippen LogP contribution in [0.15, 0.2) is 53.9 Å². The number of carbonyl (C=O) groups is 1. The van der Waals surface area contributed by atoms with Crippen molar-refractivity contribution in [1.29, 1.82) is 0 Å². The molecule has 2 heterocycles. The highest BCUT2D eigenvalue weighted by Gasteiger charge is 2.17. The van der Waals surface area contributed by atoms with Crippen LogP contribution in [0.25, 0.3) is 5.13 Å². The third-order valence-corrected chi connectivity index (χ3v) is 6.02. The zero-order valence-corrected chi connectivity index (χ0v) is 18.9. The molecule has 0 saturated heterocycles. The lowest BCUT2D eigenvalue weighted by Crippen LogP contribution is -2.15. The van der Waals surface area contributed by atoms with Crippen LogP contribution in [0.5, 0.6) is 5.75 Å². The van der Waals surface area contributed by atoms with Gasteiger partial charge in [-0.2, -0.15) is 5.10 Å². The van der Waals surface area contributed by atoms with Crippen molar-refractivity contribution in [3.05, 3.63) is 87.9 Å². The summed E-state index contributed by atoms with van der Waals surface area (Å²) in [5.74, 6) is 0.181. The SMILES string of the molecule is COc1ccccc1NC(=O)Cc1csc(-n2nc(C)c(Cc3cccc(F)c3)c2C)n1. The molecule has 164 valence electrons. The van der Waals surface area contributed by atoms with Gasteiger partial charge in [-0.05, 0) is 43.7 Å². The molecule has 0 spiro atoms. The van der Waals surface area contributed by atoms with Crippen LogP contribution in [0.4, 0.5) is 10.1 Å². The van der Waals surface area contributed by atoms with Crippen molar-refractivity contribution in [1.82, 2.24) is 14.8 Å². The molecule has 1 N–H and O–H groups in total. The average Bonchev–Trinajstić information content (AvgIpc) is 3.33. The molecule has 0 atom stereocenters. The molecule has 32 heavy (non-hydrogen) atoms. The largest absolute Gasteiger partial charge is 0.495 e. The molecule has 0 saturated carbocycles. The molecule has 8 heteroatoms. The second kappa shape index (κ2) is 9.32. The van der Waals surface area contributed by atoms with E-state index in [9.17, 15) is 9.18 Å². The quantitative estimate of drug-likeness (QED) is 0.436. The highest BCUT2D eigenvalue weighted by Crippen LogP contribution is 2.25. The summed E-state index contributed by atoms with van der Waals surface area (Å²) in [6.45, 7) is 3.91. The predicted molar refractivity (Wildman–Crippen MR) is 123 cm³/mol. The van der Waals surface area contributed by atoms with Gasteiger partial charge in [0.05, 0.1) is 30.6 Å². The Kier molecular flexibility index (Phi) is 6.32. The molecular formula is C24H23FN4O2S. The number of carbonyl (C=O) groups excluding carboxylic acids is 1. The van der Waals surface area contributed by atoms with Crippen LogP contribution < -0.4 is 10.1 Å². The highest BCUT2D eigenvalue weighted by atomic mass is 32.1. The van der Waals surface area contributed by atoms with Crippen molar-refractivity contribution >= 4 is 22.9 Å². The molecule has 6 nitrogen and oxygen atoms in total. The number of anilines is 1. The molecule has 0 aliphatic carbocycles. The first kappa shape index (κ1) is 21.7. The zero-order valence-electron chi connectivity index (χ0n) is 18.1. The summed E-state index contributed by atoms with van der Waals surface area (Å²) in [6.07, 6.45) is 0.735. The van der Waals surface area contributed by atoms with Gasteiger partial charge in [0.25, 0.3) is 0 Å². The van der Waals surface area contributed by atoms with Crippen LogP contribution in [0.2, 0.25) is 0 Å². The maximum atomic E-state index is 13.6. The van der Waals surface area contributed by atoms with Crippen molar-refractivity contribution in [2.45, 2.75) is 26.7 Å². The number of thiazole rings is 1. The molecule has 0 radical (unpaired) electrons. The Hall–Kier alpha value is -3.52. The van der Waals surface area contributed by atoms with Gasteiger partial charge in [0.15, 0.2) is 0 Å². The summed E-state index contributed by atoms with van der Waals surface area (Å²) >= 11 is 1.43. The fourth-order valence-electron chi connectivity index (χ4n) is 3.55. The van der Waals surface area contributed by atoms with Crippen LogP contribution in [0.1, 0.15) is 28.2 Å². The van der Waals surface area contributed by atoms with Gasteiger partial charge < -0.3 is 10.1 Å². The molecule has 0 fully saturated rings. The number of rotatable bonds is 7. The highest BCUT2D eigenvalue weighted by molar-refractivity contribution is 7.12. The number of nitrogens with zero attached hydrogens (tertiary/aromatic N) is 3. The fourth-order valence-corrected chi connectivity index (χ4v) is 4.37. The predicted octanol–water partition coefficient (Wildman–Crippen LogP) is 4.87. The Labute approximate surface area is 189 Å². The number of amides is 1. The first-order chi connectivity index (χ1) is 15.4. The van der Waals surface area contributed by atoms with Crippen LogP contribution in [0.3, 0.4) is 0 Å². The molecule has 1 amide bonds. The Balaban J connectivity index is 1.49. The van der Waals surface area contributed by atoms with E-state index < -0.39 is 0 Å². The Morgan fingerprint density at radius 1 is 1.19 bits per heavy atom. The molecule has 4 rings (SSSR count). The lowest BCUT2D eigenvalue weighted by Gasteiger charge is -2.09. The number of nitrogens with one attached hydrogen (secondary N) is 1. The second-order valence-corrected chi connectivity index (χ2v) is 8.25. The smallest absolute Gasteiger partial charge is 0.230 e.